The van der Waals surface area contributed by atoms with Crippen molar-refractivity contribution in [2.24, 2.45) is 0 Å². The topological polar surface area (TPSA) is 60.7 Å². The van der Waals surface area contributed by atoms with Crippen molar-refractivity contribution in [2.75, 3.05) is 26.9 Å². The predicted octanol–water partition coefficient (Wildman–Crippen LogP) is 5.67. The van der Waals surface area contributed by atoms with E-state index in [0.29, 0.717) is 25.5 Å². The lowest BCUT2D eigenvalue weighted by Gasteiger charge is -2.11. The highest BCUT2D eigenvalue weighted by atomic mass is 16.5. The smallest absolute Gasteiger partial charge is 0.244 e. The number of furan rings is 1. The van der Waals surface area contributed by atoms with Crippen molar-refractivity contribution < 1.29 is 18.7 Å². The summed E-state index contributed by atoms with van der Waals surface area (Å²) in [6.45, 7) is 9.98. The molecule has 1 amide bonds. The number of amides is 1. The van der Waals surface area contributed by atoms with Gasteiger partial charge in [0.1, 0.15) is 11.3 Å². The first-order chi connectivity index (χ1) is 14.9. The fourth-order valence-corrected chi connectivity index (χ4v) is 3.71. The molecule has 0 spiro atoms. The Kier molecular flexibility index (Phi) is 7.53. The van der Waals surface area contributed by atoms with Crippen LogP contribution >= 0.6 is 0 Å². The molecule has 0 bridgehead atoms. The van der Waals surface area contributed by atoms with Crippen LogP contribution in [0.25, 0.3) is 27.7 Å². The van der Waals surface area contributed by atoms with Crippen LogP contribution in [0.5, 0.6) is 5.75 Å². The number of carbonyl (C=O) groups excluding carboxylic acids is 1. The summed E-state index contributed by atoms with van der Waals surface area (Å²) in [4.78, 5) is 12.4. The molecule has 0 fully saturated rings. The number of aryl methyl sites for hydroxylation is 2. The van der Waals surface area contributed by atoms with Gasteiger partial charge < -0.3 is 19.2 Å². The highest BCUT2D eigenvalue weighted by Crippen LogP contribution is 2.38. The molecule has 5 nitrogen and oxygen atoms in total. The summed E-state index contributed by atoms with van der Waals surface area (Å²) in [5, 5.41) is 3.90. The van der Waals surface area contributed by atoms with Gasteiger partial charge in [-0.3, -0.25) is 4.79 Å². The standard InChI is InChI=1S/C26H31NO4/c1-6-30-11-7-10-27-26(28)13-19(4)21-14-22-23(16-31-25(22)15-24(21)29-5)20-9-8-17(2)12-18(20)3/h8-9,12-16H,6-7,10-11H2,1-5H3,(H,27,28)/b19-13+. The monoisotopic (exact) mass is 421 g/mol. The van der Waals surface area contributed by atoms with Gasteiger partial charge in [-0.15, -0.1) is 0 Å². The average Bonchev–Trinajstić information content (AvgIpc) is 3.15. The Labute approximate surface area is 184 Å². The van der Waals surface area contributed by atoms with E-state index in [1.807, 2.05) is 26.0 Å². The Bertz CT molecular complexity index is 1090. The van der Waals surface area contributed by atoms with E-state index >= 15 is 0 Å². The summed E-state index contributed by atoms with van der Waals surface area (Å²) in [6, 6.07) is 10.3. The molecule has 0 aliphatic heterocycles. The molecule has 0 unspecified atom stereocenters. The van der Waals surface area contributed by atoms with Gasteiger partial charge in [0.2, 0.25) is 5.91 Å². The number of ether oxygens (including phenoxy) is 2. The van der Waals surface area contributed by atoms with Crippen LogP contribution in [0.3, 0.4) is 0 Å². The third-order valence-electron chi connectivity index (χ3n) is 5.31. The SMILES string of the molecule is CCOCCCNC(=O)/C=C(\C)c1cc2c(-c3ccc(C)cc3C)coc2cc1OC. The van der Waals surface area contributed by atoms with Crippen molar-refractivity contribution in [3.63, 3.8) is 0 Å². The number of fused-ring (bicyclic) bond motifs is 1. The van der Waals surface area contributed by atoms with Crippen molar-refractivity contribution in [1.29, 1.82) is 0 Å². The second-order valence-electron chi connectivity index (χ2n) is 7.69. The van der Waals surface area contributed by atoms with Gasteiger partial charge in [0.25, 0.3) is 0 Å². The van der Waals surface area contributed by atoms with E-state index in [9.17, 15) is 4.79 Å². The van der Waals surface area contributed by atoms with Gasteiger partial charge in [0.15, 0.2) is 0 Å². The van der Waals surface area contributed by atoms with Crippen LogP contribution in [-0.2, 0) is 9.53 Å². The molecule has 1 N–H and O–H groups in total. The molecule has 0 saturated carbocycles. The summed E-state index contributed by atoms with van der Waals surface area (Å²) in [7, 11) is 1.62. The lowest BCUT2D eigenvalue weighted by atomic mass is 9.96. The zero-order valence-electron chi connectivity index (χ0n) is 19.0. The van der Waals surface area contributed by atoms with Crippen LogP contribution < -0.4 is 10.1 Å². The number of rotatable bonds is 9. The summed E-state index contributed by atoms with van der Waals surface area (Å²) in [6.07, 6.45) is 4.19. The summed E-state index contributed by atoms with van der Waals surface area (Å²) in [5.74, 6) is 0.546. The van der Waals surface area contributed by atoms with Crippen molar-refractivity contribution >= 4 is 22.4 Å². The molecule has 164 valence electrons. The number of allylic oxidation sites excluding steroid dienone is 1. The van der Waals surface area contributed by atoms with Crippen LogP contribution in [0, 0.1) is 13.8 Å². The second-order valence-corrected chi connectivity index (χ2v) is 7.69. The third-order valence-corrected chi connectivity index (χ3v) is 5.31. The quantitative estimate of drug-likeness (QED) is 0.357. The number of methoxy groups -OCH3 is 1. The largest absolute Gasteiger partial charge is 0.496 e. The van der Waals surface area contributed by atoms with Gasteiger partial charge in [0.05, 0.1) is 13.4 Å². The molecule has 0 saturated heterocycles. The number of hydrogen-bond donors (Lipinski definition) is 1. The highest BCUT2D eigenvalue weighted by molar-refractivity contribution is 6.00. The molecule has 3 aromatic rings. The predicted molar refractivity (Wildman–Crippen MR) is 125 cm³/mol. The van der Waals surface area contributed by atoms with Crippen LogP contribution in [0.4, 0.5) is 0 Å². The zero-order chi connectivity index (χ0) is 22.4. The Morgan fingerprint density at radius 3 is 2.68 bits per heavy atom. The van der Waals surface area contributed by atoms with E-state index in [1.165, 1.54) is 11.1 Å². The Morgan fingerprint density at radius 2 is 1.97 bits per heavy atom. The number of nitrogens with one attached hydrogen (secondary N) is 1. The number of hydrogen-bond acceptors (Lipinski definition) is 4. The maximum absolute atomic E-state index is 12.4. The first-order valence-corrected chi connectivity index (χ1v) is 10.7. The van der Waals surface area contributed by atoms with Gasteiger partial charge in [-0.25, -0.2) is 0 Å². The molecule has 5 heteroatoms. The average molecular weight is 422 g/mol. The first-order valence-electron chi connectivity index (χ1n) is 10.7. The van der Waals surface area contributed by atoms with E-state index in [0.717, 1.165) is 39.7 Å². The van der Waals surface area contributed by atoms with E-state index < -0.39 is 0 Å². The minimum absolute atomic E-state index is 0.127. The third kappa shape index (κ3) is 5.36. The van der Waals surface area contributed by atoms with Gasteiger partial charge in [0, 0.05) is 48.4 Å². The molecule has 0 radical (unpaired) electrons. The number of benzene rings is 2. The molecule has 3 rings (SSSR count). The molecule has 1 aromatic heterocycles. The summed E-state index contributed by atoms with van der Waals surface area (Å²) >= 11 is 0. The lowest BCUT2D eigenvalue weighted by molar-refractivity contribution is -0.116. The van der Waals surface area contributed by atoms with Crippen molar-refractivity contribution in [3.8, 4) is 16.9 Å². The molecule has 31 heavy (non-hydrogen) atoms. The minimum atomic E-state index is -0.127. The molecular formula is C26H31NO4. The minimum Gasteiger partial charge on any atom is -0.496 e. The first kappa shape index (κ1) is 22.6. The summed E-state index contributed by atoms with van der Waals surface area (Å²) in [5.41, 5.74) is 7.03. The fourth-order valence-electron chi connectivity index (χ4n) is 3.71. The Morgan fingerprint density at radius 1 is 1.16 bits per heavy atom. The van der Waals surface area contributed by atoms with E-state index in [4.69, 9.17) is 13.9 Å². The zero-order valence-corrected chi connectivity index (χ0v) is 19.0. The fraction of sp³-hybridized carbons (Fsp3) is 0.346. The van der Waals surface area contributed by atoms with Crippen LogP contribution in [0.2, 0.25) is 0 Å². The Hall–Kier alpha value is -3.05. The summed E-state index contributed by atoms with van der Waals surface area (Å²) < 4.78 is 16.7. The van der Waals surface area contributed by atoms with Gasteiger partial charge in [-0.05, 0) is 56.9 Å². The van der Waals surface area contributed by atoms with Gasteiger partial charge in [-0.1, -0.05) is 23.8 Å². The van der Waals surface area contributed by atoms with E-state index in [-0.39, 0.29) is 5.91 Å². The van der Waals surface area contributed by atoms with Crippen LogP contribution in [0.1, 0.15) is 37.0 Å². The van der Waals surface area contributed by atoms with E-state index in [1.54, 1.807) is 19.4 Å². The molecule has 1 heterocycles. The Balaban J connectivity index is 1.91. The van der Waals surface area contributed by atoms with Crippen molar-refractivity contribution in [1.82, 2.24) is 5.32 Å². The van der Waals surface area contributed by atoms with Crippen molar-refractivity contribution in [3.05, 3.63) is 59.4 Å². The second kappa shape index (κ2) is 10.3. The van der Waals surface area contributed by atoms with Crippen LogP contribution in [0.15, 0.2) is 47.1 Å². The van der Waals surface area contributed by atoms with Gasteiger partial charge in [-0.2, -0.15) is 0 Å². The molecule has 0 atom stereocenters. The lowest BCUT2D eigenvalue weighted by Crippen LogP contribution is -2.23. The maximum Gasteiger partial charge on any atom is 0.244 e. The molecule has 0 aliphatic rings. The van der Waals surface area contributed by atoms with Crippen molar-refractivity contribution in [2.45, 2.75) is 34.1 Å². The molecule has 0 aliphatic carbocycles. The van der Waals surface area contributed by atoms with Gasteiger partial charge >= 0.3 is 0 Å². The van der Waals surface area contributed by atoms with Crippen LogP contribution in [-0.4, -0.2) is 32.8 Å². The normalized spacial score (nSPS) is 11.7. The molecular weight excluding hydrogens is 390 g/mol. The maximum atomic E-state index is 12.4. The molecule has 2 aromatic carbocycles. The van der Waals surface area contributed by atoms with E-state index in [2.05, 4.69) is 37.4 Å². The number of carbonyl (C=O) groups is 1. The highest BCUT2D eigenvalue weighted by Gasteiger charge is 2.16.